The van der Waals surface area contributed by atoms with Gasteiger partial charge in [-0.2, -0.15) is 5.10 Å². The maximum atomic E-state index is 12.0. The molecule has 3 N–H and O–H groups in total. The third-order valence-corrected chi connectivity index (χ3v) is 4.41. The molecule has 28 heavy (non-hydrogen) atoms. The second-order valence-electron chi connectivity index (χ2n) is 7.52. The molecule has 0 saturated carbocycles. The zero-order valence-corrected chi connectivity index (χ0v) is 15.8. The van der Waals surface area contributed by atoms with Crippen molar-refractivity contribution in [1.82, 2.24) is 20.3 Å². The van der Waals surface area contributed by atoms with Crippen molar-refractivity contribution >= 4 is 34.1 Å². The molecule has 4 rings (SSSR count). The number of anilines is 3. The summed E-state index contributed by atoms with van der Waals surface area (Å²) in [5.41, 5.74) is 7.24. The topological polar surface area (TPSA) is 114 Å². The van der Waals surface area contributed by atoms with Gasteiger partial charge in [0.2, 0.25) is 0 Å². The number of aromatic amines is 1. The van der Waals surface area contributed by atoms with Gasteiger partial charge in [0.25, 0.3) is 5.91 Å². The van der Waals surface area contributed by atoms with E-state index >= 15 is 0 Å². The Balaban J connectivity index is 1.93. The molecule has 142 valence electrons. The molecular formula is C20H20N6O2. The number of hydrogen-bond acceptors (Lipinski definition) is 6. The van der Waals surface area contributed by atoms with Crippen molar-refractivity contribution in [2.75, 3.05) is 4.90 Å². The molecule has 0 bridgehead atoms. The quantitative estimate of drug-likeness (QED) is 0.560. The van der Waals surface area contributed by atoms with Crippen LogP contribution in [0.15, 0.2) is 53.3 Å². The minimum absolute atomic E-state index is 0.221. The van der Waals surface area contributed by atoms with Gasteiger partial charge in [-0.3, -0.25) is 14.8 Å². The van der Waals surface area contributed by atoms with E-state index in [4.69, 9.17) is 10.3 Å². The molecule has 0 atom stereocenters. The van der Waals surface area contributed by atoms with Crippen LogP contribution in [0.3, 0.4) is 0 Å². The van der Waals surface area contributed by atoms with Gasteiger partial charge in [-0.05, 0) is 30.3 Å². The minimum atomic E-state index is -0.574. The van der Waals surface area contributed by atoms with Crippen LogP contribution in [0.4, 0.5) is 17.3 Å². The molecule has 0 aliphatic heterocycles. The highest BCUT2D eigenvalue weighted by Crippen LogP contribution is 2.37. The van der Waals surface area contributed by atoms with Crippen LogP contribution in [0.25, 0.3) is 10.9 Å². The van der Waals surface area contributed by atoms with Gasteiger partial charge in [0.1, 0.15) is 5.76 Å². The maximum Gasteiger partial charge on any atom is 0.252 e. The first kappa shape index (κ1) is 17.7. The fourth-order valence-corrected chi connectivity index (χ4v) is 2.92. The number of fused-ring (bicyclic) bond motifs is 1. The van der Waals surface area contributed by atoms with Crippen LogP contribution in [-0.4, -0.2) is 26.2 Å². The summed E-state index contributed by atoms with van der Waals surface area (Å²) in [6.07, 6.45) is 3.35. The van der Waals surface area contributed by atoms with E-state index in [0.29, 0.717) is 17.4 Å². The number of benzene rings is 1. The highest BCUT2D eigenvalue weighted by Gasteiger charge is 2.26. The van der Waals surface area contributed by atoms with Gasteiger partial charge in [0.15, 0.2) is 11.6 Å². The number of nitrogens with one attached hydrogen (secondary N) is 1. The standard InChI is InChI=1S/C20H20N6O2/c1-20(2,3)16-10-17(25-28-16)26(19-14(18(21)27)5-4-8-22-19)13-7-6-12-11-23-24-15(12)9-13/h4-11H,1-3H3,(H2,21,27)(H,23,24). The smallest absolute Gasteiger partial charge is 0.252 e. The van der Waals surface area contributed by atoms with E-state index in [9.17, 15) is 4.79 Å². The van der Waals surface area contributed by atoms with Crippen LogP contribution in [0.1, 0.15) is 36.9 Å². The summed E-state index contributed by atoms with van der Waals surface area (Å²) in [6, 6.07) is 10.9. The van der Waals surface area contributed by atoms with Crippen molar-refractivity contribution in [2.24, 2.45) is 5.73 Å². The van der Waals surface area contributed by atoms with E-state index in [0.717, 1.165) is 16.6 Å². The Morgan fingerprint density at radius 3 is 2.75 bits per heavy atom. The molecule has 8 heteroatoms. The molecule has 0 saturated heterocycles. The molecule has 0 fully saturated rings. The normalized spacial score (nSPS) is 11.7. The average Bonchev–Trinajstić information content (AvgIpc) is 3.31. The minimum Gasteiger partial charge on any atom is -0.365 e. The van der Waals surface area contributed by atoms with Crippen LogP contribution in [0, 0.1) is 0 Å². The first-order chi connectivity index (χ1) is 13.3. The number of H-pyrrole nitrogens is 1. The van der Waals surface area contributed by atoms with Crippen LogP contribution in [0.2, 0.25) is 0 Å². The zero-order chi connectivity index (χ0) is 19.9. The lowest BCUT2D eigenvalue weighted by atomic mass is 9.93. The fourth-order valence-electron chi connectivity index (χ4n) is 2.92. The van der Waals surface area contributed by atoms with Crippen LogP contribution in [-0.2, 0) is 5.41 Å². The van der Waals surface area contributed by atoms with Crippen LogP contribution in [0.5, 0.6) is 0 Å². The molecule has 0 aliphatic rings. The number of rotatable bonds is 4. The fraction of sp³-hybridized carbons (Fsp3) is 0.200. The predicted octanol–water partition coefficient (Wildman–Crippen LogP) is 3.81. The highest BCUT2D eigenvalue weighted by atomic mass is 16.5. The largest absolute Gasteiger partial charge is 0.365 e. The number of carbonyl (C=O) groups excluding carboxylic acids is 1. The first-order valence-corrected chi connectivity index (χ1v) is 8.80. The van der Waals surface area contributed by atoms with E-state index in [2.05, 4.69) is 20.3 Å². The molecule has 3 heterocycles. The van der Waals surface area contributed by atoms with E-state index in [1.165, 1.54) is 0 Å². The average molecular weight is 376 g/mol. The van der Waals surface area contributed by atoms with Gasteiger partial charge >= 0.3 is 0 Å². The summed E-state index contributed by atoms with van der Waals surface area (Å²) in [6.45, 7) is 6.11. The third-order valence-electron chi connectivity index (χ3n) is 4.41. The molecule has 0 spiro atoms. The first-order valence-electron chi connectivity index (χ1n) is 8.80. The van der Waals surface area contributed by atoms with Crippen LogP contribution < -0.4 is 10.6 Å². The van der Waals surface area contributed by atoms with Gasteiger partial charge in [0, 0.05) is 23.1 Å². The number of aromatic nitrogens is 4. The Hall–Kier alpha value is -3.68. The molecule has 4 aromatic rings. The van der Waals surface area contributed by atoms with Crippen molar-refractivity contribution in [1.29, 1.82) is 0 Å². The monoisotopic (exact) mass is 376 g/mol. The SMILES string of the molecule is CC(C)(C)c1cc(N(c2ccc3cn[nH]c3c2)c2ncccc2C(N)=O)no1. The molecular weight excluding hydrogens is 356 g/mol. The van der Waals surface area contributed by atoms with Gasteiger partial charge in [-0.15, -0.1) is 0 Å². The molecule has 0 aliphatic carbocycles. The van der Waals surface area contributed by atoms with Crippen molar-refractivity contribution < 1.29 is 9.32 Å². The summed E-state index contributed by atoms with van der Waals surface area (Å²) < 4.78 is 5.57. The summed E-state index contributed by atoms with van der Waals surface area (Å²) in [5, 5.41) is 12.2. The second kappa shape index (κ2) is 6.49. The Bertz CT molecular complexity index is 1150. The van der Waals surface area contributed by atoms with Gasteiger partial charge in [0.05, 0.1) is 23.0 Å². The Kier molecular flexibility index (Phi) is 4.11. The van der Waals surface area contributed by atoms with Gasteiger partial charge in [-0.25, -0.2) is 4.98 Å². The Morgan fingerprint density at radius 1 is 1.21 bits per heavy atom. The predicted molar refractivity (Wildman–Crippen MR) is 106 cm³/mol. The lowest BCUT2D eigenvalue weighted by Crippen LogP contribution is -2.20. The molecule has 0 radical (unpaired) electrons. The lowest BCUT2D eigenvalue weighted by molar-refractivity contribution is 0.100. The number of nitrogens with zero attached hydrogens (tertiary/aromatic N) is 4. The molecule has 3 aromatic heterocycles. The molecule has 0 unspecified atom stereocenters. The van der Waals surface area contributed by atoms with E-state index in [1.54, 1.807) is 29.4 Å². The number of pyridine rings is 1. The zero-order valence-electron chi connectivity index (χ0n) is 15.8. The molecule has 8 nitrogen and oxygen atoms in total. The Labute approximate surface area is 161 Å². The number of hydrogen-bond donors (Lipinski definition) is 2. The number of nitrogens with two attached hydrogens (primary N) is 1. The van der Waals surface area contributed by atoms with Crippen LogP contribution >= 0.6 is 0 Å². The second-order valence-corrected chi connectivity index (χ2v) is 7.52. The van der Waals surface area contributed by atoms with Crippen molar-refractivity contribution in [3.8, 4) is 0 Å². The maximum absolute atomic E-state index is 12.0. The Morgan fingerprint density at radius 2 is 2.04 bits per heavy atom. The van der Waals surface area contributed by atoms with E-state index in [-0.39, 0.29) is 11.0 Å². The van der Waals surface area contributed by atoms with E-state index < -0.39 is 5.91 Å². The van der Waals surface area contributed by atoms with Crippen molar-refractivity contribution in [2.45, 2.75) is 26.2 Å². The summed E-state index contributed by atoms with van der Waals surface area (Å²) in [4.78, 5) is 18.2. The summed E-state index contributed by atoms with van der Waals surface area (Å²) in [5.74, 6) is 1.02. The third kappa shape index (κ3) is 3.09. The highest BCUT2D eigenvalue weighted by molar-refractivity contribution is 6.00. The van der Waals surface area contributed by atoms with E-state index in [1.807, 2.05) is 45.0 Å². The molecule has 1 aromatic carbocycles. The van der Waals surface area contributed by atoms with Crippen molar-refractivity contribution in [3.05, 3.63) is 60.1 Å². The summed E-state index contributed by atoms with van der Waals surface area (Å²) in [7, 11) is 0. The van der Waals surface area contributed by atoms with Gasteiger partial charge in [-0.1, -0.05) is 25.9 Å². The number of amides is 1. The lowest BCUT2D eigenvalue weighted by Gasteiger charge is -2.22. The number of primary amides is 1. The molecule has 1 amide bonds. The van der Waals surface area contributed by atoms with Gasteiger partial charge < -0.3 is 10.3 Å². The van der Waals surface area contributed by atoms with Crippen molar-refractivity contribution in [3.63, 3.8) is 0 Å². The number of carbonyl (C=O) groups is 1. The summed E-state index contributed by atoms with van der Waals surface area (Å²) >= 11 is 0.